The van der Waals surface area contributed by atoms with Gasteiger partial charge < -0.3 is 5.32 Å². The first-order valence-electron chi connectivity index (χ1n) is 5.24. The molecule has 0 unspecified atom stereocenters. The van der Waals surface area contributed by atoms with Gasteiger partial charge in [-0.1, -0.05) is 23.7 Å². The normalized spacial score (nSPS) is 17.7. The van der Waals surface area contributed by atoms with Crippen molar-refractivity contribution in [2.45, 2.75) is 24.1 Å². The summed E-state index contributed by atoms with van der Waals surface area (Å²) >= 11 is 7.82. The van der Waals surface area contributed by atoms with Crippen molar-refractivity contribution in [1.82, 2.24) is 5.32 Å². The summed E-state index contributed by atoms with van der Waals surface area (Å²) in [4.78, 5) is 0. The lowest BCUT2D eigenvalue weighted by Crippen LogP contribution is -2.25. The van der Waals surface area contributed by atoms with E-state index in [9.17, 15) is 0 Å². The molecule has 3 heteroatoms. The third kappa shape index (κ3) is 3.13. The number of thioether (sulfide) groups is 1. The van der Waals surface area contributed by atoms with Crippen LogP contribution in [0.25, 0.3) is 0 Å². The Balaban J connectivity index is 1.76. The summed E-state index contributed by atoms with van der Waals surface area (Å²) in [5.41, 5.74) is 1.30. The highest BCUT2D eigenvalue weighted by Gasteiger charge is 2.41. The van der Waals surface area contributed by atoms with Crippen LogP contribution in [0, 0.1) is 0 Å². The van der Waals surface area contributed by atoms with Gasteiger partial charge in [0, 0.05) is 22.9 Å². The van der Waals surface area contributed by atoms with Gasteiger partial charge in [0.15, 0.2) is 0 Å². The van der Waals surface area contributed by atoms with E-state index in [1.54, 1.807) is 0 Å². The van der Waals surface area contributed by atoms with Gasteiger partial charge in [0.25, 0.3) is 0 Å². The van der Waals surface area contributed by atoms with Crippen molar-refractivity contribution in [1.29, 1.82) is 0 Å². The van der Waals surface area contributed by atoms with Gasteiger partial charge >= 0.3 is 0 Å². The zero-order chi connectivity index (χ0) is 10.7. The molecule has 0 aliphatic heterocycles. The second kappa shape index (κ2) is 4.77. The maximum absolute atomic E-state index is 5.83. The maximum atomic E-state index is 5.83. The molecule has 2 rings (SSSR count). The van der Waals surface area contributed by atoms with Gasteiger partial charge in [-0.2, -0.15) is 11.8 Å². The van der Waals surface area contributed by atoms with E-state index in [1.807, 2.05) is 23.9 Å². The van der Waals surface area contributed by atoms with E-state index in [-0.39, 0.29) is 0 Å². The average Bonchev–Trinajstić information content (AvgIpc) is 3.02. The summed E-state index contributed by atoms with van der Waals surface area (Å²) < 4.78 is 0.548. The molecule has 1 aromatic carbocycles. The minimum atomic E-state index is 0.548. The van der Waals surface area contributed by atoms with Gasteiger partial charge in [0.2, 0.25) is 0 Å². The van der Waals surface area contributed by atoms with E-state index in [0.717, 1.165) is 18.1 Å². The van der Waals surface area contributed by atoms with Gasteiger partial charge in [-0.05, 0) is 36.8 Å². The Hall–Kier alpha value is -0.180. The highest BCUT2D eigenvalue weighted by molar-refractivity contribution is 8.00. The second-order valence-electron chi connectivity index (χ2n) is 4.12. The van der Waals surface area contributed by atoms with Crippen molar-refractivity contribution in [2.24, 2.45) is 0 Å². The highest BCUT2D eigenvalue weighted by Crippen LogP contribution is 2.46. The van der Waals surface area contributed by atoms with Crippen LogP contribution in [0.1, 0.15) is 18.4 Å². The number of nitrogens with one attached hydrogen (secondary N) is 1. The lowest BCUT2D eigenvalue weighted by atomic mass is 10.2. The minimum Gasteiger partial charge on any atom is -0.311 e. The van der Waals surface area contributed by atoms with E-state index in [4.69, 9.17) is 11.6 Å². The van der Waals surface area contributed by atoms with Gasteiger partial charge in [-0.15, -0.1) is 0 Å². The lowest BCUT2D eigenvalue weighted by Gasteiger charge is -2.12. The molecule has 1 N–H and O–H groups in total. The van der Waals surface area contributed by atoms with Crippen LogP contribution in [-0.2, 0) is 6.54 Å². The molecule has 15 heavy (non-hydrogen) atoms. The predicted octanol–water partition coefficient (Wildman–Crippen LogP) is 3.33. The molecular formula is C12H16ClNS. The quantitative estimate of drug-likeness (QED) is 0.849. The number of hydrogen-bond donors (Lipinski definition) is 1. The van der Waals surface area contributed by atoms with E-state index in [1.165, 1.54) is 18.4 Å². The summed E-state index contributed by atoms with van der Waals surface area (Å²) in [5, 5.41) is 4.32. The third-order valence-electron chi connectivity index (χ3n) is 2.93. The molecule has 0 amide bonds. The Morgan fingerprint density at radius 1 is 1.33 bits per heavy atom. The topological polar surface area (TPSA) is 12.0 Å². The van der Waals surface area contributed by atoms with E-state index < -0.39 is 0 Å². The van der Waals surface area contributed by atoms with E-state index >= 15 is 0 Å². The van der Waals surface area contributed by atoms with Gasteiger partial charge in [0.1, 0.15) is 0 Å². The summed E-state index contributed by atoms with van der Waals surface area (Å²) in [6.45, 7) is 2.07. The Morgan fingerprint density at radius 3 is 2.53 bits per heavy atom. The minimum absolute atomic E-state index is 0.548. The first-order valence-corrected chi connectivity index (χ1v) is 6.85. The van der Waals surface area contributed by atoms with Gasteiger partial charge in [-0.25, -0.2) is 0 Å². The van der Waals surface area contributed by atoms with Crippen LogP contribution in [0.3, 0.4) is 0 Å². The average molecular weight is 242 g/mol. The van der Waals surface area contributed by atoms with Crippen LogP contribution in [0.2, 0.25) is 5.02 Å². The molecule has 0 bridgehead atoms. The second-order valence-corrected chi connectivity index (χ2v) is 5.83. The Labute approximate surface area is 101 Å². The van der Waals surface area contributed by atoms with Crippen LogP contribution in [0.15, 0.2) is 24.3 Å². The van der Waals surface area contributed by atoms with E-state index in [2.05, 4.69) is 23.7 Å². The summed E-state index contributed by atoms with van der Waals surface area (Å²) in [6.07, 6.45) is 4.93. The summed E-state index contributed by atoms with van der Waals surface area (Å²) in [5.74, 6) is 0. The molecule has 0 saturated heterocycles. The first-order chi connectivity index (χ1) is 7.24. The van der Waals surface area contributed by atoms with Crippen molar-refractivity contribution >= 4 is 23.4 Å². The number of benzene rings is 1. The fourth-order valence-electron chi connectivity index (χ4n) is 1.63. The molecular weight excluding hydrogens is 226 g/mol. The lowest BCUT2D eigenvalue weighted by molar-refractivity contribution is 0.663. The highest BCUT2D eigenvalue weighted by atomic mass is 35.5. The molecule has 0 atom stereocenters. The smallest absolute Gasteiger partial charge is 0.0406 e. The molecule has 1 saturated carbocycles. The SMILES string of the molecule is CSC1(CNCc2ccc(Cl)cc2)CC1. The van der Waals surface area contributed by atoms with Crippen molar-refractivity contribution in [3.05, 3.63) is 34.9 Å². The molecule has 1 nitrogen and oxygen atoms in total. The maximum Gasteiger partial charge on any atom is 0.0406 e. The molecule has 0 heterocycles. The monoisotopic (exact) mass is 241 g/mol. The summed E-state index contributed by atoms with van der Waals surface area (Å²) in [7, 11) is 0. The predicted molar refractivity (Wildman–Crippen MR) is 68.6 cm³/mol. The molecule has 0 radical (unpaired) electrons. The molecule has 82 valence electrons. The fraction of sp³-hybridized carbons (Fsp3) is 0.500. The van der Waals surface area contributed by atoms with Crippen molar-refractivity contribution < 1.29 is 0 Å². The Morgan fingerprint density at radius 2 is 2.00 bits per heavy atom. The Bertz CT molecular complexity index is 319. The largest absolute Gasteiger partial charge is 0.311 e. The van der Waals surface area contributed by atoms with Crippen molar-refractivity contribution in [2.75, 3.05) is 12.8 Å². The van der Waals surface area contributed by atoms with Crippen LogP contribution >= 0.6 is 23.4 Å². The fourth-order valence-corrected chi connectivity index (χ4v) is 2.51. The van der Waals surface area contributed by atoms with Crippen LogP contribution < -0.4 is 5.32 Å². The molecule has 1 aliphatic carbocycles. The Kier molecular flexibility index (Phi) is 3.60. The number of halogens is 1. The van der Waals surface area contributed by atoms with E-state index in [0.29, 0.717) is 4.75 Å². The number of hydrogen-bond acceptors (Lipinski definition) is 2. The van der Waals surface area contributed by atoms with Gasteiger partial charge in [0.05, 0.1) is 0 Å². The van der Waals surface area contributed by atoms with Gasteiger partial charge in [-0.3, -0.25) is 0 Å². The van der Waals surface area contributed by atoms with Crippen LogP contribution in [-0.4, -0.2) is 17.5 Å². The zero-order valence-corrected chi connectivity index (χ0v) is 10.5. The van der Waals surface area contributed by atoms with Crippen LogP contribution in [0.4, 0.5) is 0 Å². The van der Waals surface area contributed by atoms with Crippen LogP contribution in [0.5, 0.6) is 0 Å². The molecule has 0 aromatic heterocycles. The van der Waals surface area contributed by atoms with Crippen molar-refractivity contribution in [3.8, 4) is 0 Å². The zero-order valence-electron chi connectivity index (χ0n) is 8.92. The van der Waals surface area contributed by atoms with Crippen molar-refractivity contribution in [3.63, 3.8) is 0 Å². The molecule has 1 fully saturated rings. The first kappa shape index (κ1) is 11.3. The molecule has 1 aromatic rings. The number of rotatable bonds is 5. The summed E-state index contributed by atoms with van der Waals surface area (Å²) in [6, 6.07) is 8.04. The molecule has 1 aliphatic rings. The standard InChI is InChI=1S/C12H16ClNS/c1-15-12(6-7-12)9-14-8-10-2-4-11(13)5-3-10/h2-5,14H,6-9H2,1H3. The molecule has 0 spiro atoms. The third-order valence-corrected chi connectivity index (χ3v) is 4.60.